The Morgan fingerprint density at radius 3 is 2.43 bits per heavy atom. The molecule has 0 spiro atoms. The highest BCUT2D eigenvalue weighted by Crippen LogP contribution is 2.24. The van der Waals surface area contributed by atoms with Crippen LogP contribution in [0.5, 0.6) is 0 Å². The quantitative estimate of drug-likeness (QED) is 0.763. The molecule has 1 atom stereocenters. The van der Waals surface area contributed by atoms with Crippen molar-refractivity contribution in [2.75, 3.05) is 54.9 Å². The lowest BCUT2D eigenvalue weighted by atomic mass is 9.95. The zero-order valence-electron chi connectivity index (χ0n) is 12.3. The highest BCUT2D eigenvalue weighted by atomic mass is 16.5. The summed E-state index contributed by atoms with van der Waals surface area (Å²) in [5, 5.41) is 10.2. The maximum atomic E-state index is 10.2. The van der Waals surface area contributed by atoms with Gasteiger partial charge in [-0.15, -0.1) is 0 Å². The number of morpholine rings is 1. The third-order valence-corrected chi connectivity index (χ3v) is 3.88. The minimum Gasteiger partial charge on any atom is -0.388 e. The van der Waals surface area contributed by atoms with E-state index < -0.39 is 5.60 Å². The summed E-state index contributed by atoms with van der Waals surface area (Å²) in [4.78, 5) is 17.0. The fourth-order valence-electron chi connectivity index (χ4n) is 2.81. The molecule has 2 aliphatic rings. The molecule has 3 rings (SSSR count). The van der Waals surface area contributed by atoms with Crippen LogP contribution in [0.3, 0.4) is 0 Å². The molecule has 21 heavy (non-hydrogen) atoms. The van der Waals surface area contributed by atoms with Crippen LogP contribution in [0.15, 0.2) is 0 Å². The van der Waals surface area contributed by atoms with Crippen molar-refractivity contribution in [2.45, 2.75) is 25.4 Å². The SMILES string of the molecule is CC1(O)CCCN(c2nc(N)nc(N3CCOCC3)n2)C1. The summed E-state index contributed by atoms with van der Waals surface area (Å²) in [6.07, 6.45) is 1.70. The molecule has 2 saturated heterocycles. The lowest BCUT2D eigenvalue weighted by Gasteiger charge is -2.37. The minimum atomic E-state index is -0.710. The molecular formula is C13H22N6O2. The predicted octanol–water partition coefficient (Wildman–Crippen LogP) is -0.358. The molecule has 3 N–H and O–H groups in total. The average molecular weight is 294 g/mol. The fraction of sp³-hybridized carbons (Fsp3) is 0.769. The molecule has 2 fully saturated rings. The zero-order valence-corrected chi connectivity index (χ0v) is 12.3. The predicted molar refractivity (Wildman–Crippen MR) is 79.3 cm³/mol. The second kappa shape index (κ2) is 5.61. The van der Waals surface area contributed by atoms with Crippen LogP contribution < -0.4 is 15.5 Å². The zero-order chi connectivity index (χ0) is 14.9. The summed E-state index contributed by atoms with van der Waals surface area (Å²) in [7, 11) is 0. The number of β-amino-alcohol motifs (C(OH)–C–C–N with tert-alkyl or cyclic N) is 1. The van der Waals surface area contributed by atoms with Crippen LogP contribution in [0.2, 0.25) is 0 Å². The number of anilines is 3. The fourth-order valence-corrected chi connectivity index (χ4v) is 2.81. The van der Waals surface area contributed by atoms with Crippen molar-refractivity contribution in [3.63, 3.8) is 0 Å². The smallest absolute Gasteiger partial charge is 0.232 e. The van der Waals surface area contributed by atoms with Crippen molar-refractivity contribution >= 4 is 17.8 Å². The largest absolute Gasteiger partial charge is 0.388 e. The number of rotatable bonds is 2. The van der Waals surface area contributed by atoms with Gasteiger partial charge in [-0.2, -0.15) is 15.0 Å². The summed E-state index contributed by atoms with van der Waals surface area (Å²) in [6, 6.07) is 0. The molecule has 0 saturated carbocycles. The van der Waals surface area contributed by atoms with E-state index in [2.05, 4.69) is 15.0 Å². The van der Waals surface area contributed by atoms with Crippen LogP contribution in [0.1, 0.15) is 19.8 Å². The Hall–Kier alpha value is -1.67. The van der Waals surface area contributed by atoms with Gasteiger partial charge in [0.25, 0.3) is 0 Å². The molecular weight excluding hydrogens is 272 g/mol. The Labute approximate surface area is 123 Å². The summed E-state index contributed by atoms with van der Waals surface area (Å²) in [6.45, 7) is 6.01. The van der Waals surface area contributed by atoms with Gasteiger partial charge in [0.1, 0.15) is 0 Å². The van der Waals surface area contributed by atoms with Crippen LogP contribution in [-0.2, 0) is 4.74 Å². The van der Waals surface area contributed by atoms with E-state index in [0.717, 1.165) is 32.5 Å². The second-order valence-electron chi connectivity index (χ2n) is 5.92. The van der Waals surface area contributed by atoms with E-state index in [4.69, 9.17) is 10.5 Å². The van der Waals surface area contributed by atoms with E-state index in [1.54, 1.807) is 0 Å². The number of hydrogen-bond acceptors (Lipinski definition) is 8. The van der Waals surface area contributed by atoms with Crippen molar-refractivity contribution in [1.82, 2.24) is 15.0 Å². The van der Waals surface area contributed by atoms with Crippen LogP contribution in [-0.4, -0.2) is 65.1 Å². The topological polar surface area (TPSA) is 101 Å². The Balaban J connectivity index is 1.83. The van der Waals surface area contributed by atoms with Crippen LogP contribution >= 0.6 is 0 Å². The molecule has 8 nitrogen and oxygen atoms in total. The molecule has 3 heterocycles. The number of ether oxygens (including phenoxy) is 1. The maximum Gasteiger partial charge on any atom is 0.232 e. The number of aromatic nitrogens is 3. The molecule has 8 heteroatoms. The molecule has 116 valence electrons. The van der Waals surface area contributed by atoms with Gasteiger partial charge in [0.15, 0.2) is 0 Å². The molecule has 0 amide bonds. The minimum absolute atomic E-state index is 0.215. The summed E-state index contributed by atoms with van der Waals surface area (Å²) >= 11 is 0. The van der Waals surface area contributed by atoms with E-state index >= 15 is 0 Å². The van der Waals surface area contributed by atoms with Crippen molar-refractivity contribution in [3.8, 4) is 0 Å². The Kier molecular flexibility index (Phi) is 3.81. The van der Waals surface area contributed by atoms with E-state index in [1.807, 2.05) is 16.7 Å². The number of piperidine rings is 1. The van der Waals surface area contributed by atoms with Crippen LogP contribution in [0.4, 0.5) is 17.8 Å². The number of nitrogens with zero attached hydrogens (tertiary/aromatic N) is 5. The number of nitrogens with two attached hydrogens (primary N) is 1. The van der Waals surface area contributed by atoms with Gasteiger partial charge in [0, 0.05) is 26.2 Å². The summed E-state index contributed by atoms with van der Waals surface area (Å²) in [5.41, 5.74) is 5.12. The van der Waals surface area contributed by atoms with E-state index in [9.17, 15) is 5.11 Å². The van der Waals surface area contributed by atoms with E-state index in [-0.39, 0.29) is 5.95 Å². The van der Waals surface area contributed by atoms with Crippen molar-refractivity contribution in [2.24, 2.45) is 0 Å². The van der Waals surface area contributed by atoms with E-state index in [1.165, 1.54) is 0 Å². The normalized spacial score (nSPS) is 27.0. The molecule has 1 aromatic heterocycles. The number of hydrogen-bond donors (Lipinski definition) is 2. The lowest BCUT2D eigenvalue weighted by Crippen LogP contribution is -2.47. The second-order valence-corrected chi connectivity index (χ2v) is 5.92. The molecule has 1 unspecified atom stereocenters. The van der Waals surface area contributed by atoms with Gasteiger partial charge in [0.05, 0.1) is 18.8 Å². The summed E-state index contributed by atoms with van der Waals surface area (Å²) < 4.78 is 5.34. The number of aliphatic hydroxyl groups is 1. The maximum absolute atomic E-state index is 10.2. The first kappa shape index (κ1) is 14.3. The molecule has 2 aliphatic heterocycles. The van der Waals surface area contributed by atoms with E-state index in [0.29, 0.717) is 31.7 Å². The first-order valence-corrected chi connectivity index (χ1v) is 7.35. The monoisotopic (exact) mass is 294 g/mol. The van der Waals surface area contributed by atoms with Crippen molar-refractivity contribution in [3.05, 3.63) is 0 Å². The van der Waals surface area contributed by atoms with Gasteiger partial charge in [-0.05, 0) is 19.8 Å². The molecule has 0 aliphatic carbocycles. The highest BCUT2D eigenvalue weighted by Gasteiger charge is 2.30. The third-order valence-electron chi connectivity index (χ3n) is 3.88. The summed E-state index contributed by atoms with van der Waals surface area (Å²) in [5.74, 6) is 1.35. The van der Waals surface area contributed by atoms with Gasteiger partial charge in [0.2, 0.25) is 17.8 Å². The Morgan fingerprint density at radius 2 is 1.76 bits per heavy atom. The lowest BCUT2D eigenvalue weighted by molar-refractivity contribution is 0.0444. The molecule has 0 bridgehead atoms. The standard InChI is InChI=1S/C13H22N6O2/c1-13(20)3-2-4-19(9-13)12-16-10(14)15-11(17-12)18-5-7-21-8-6-18/h20H,2-9H2,1H3,(H2,14,15,16,17). The van der Waals surface area contributed by atoms with Crippen molar-refractivity contribution in [1.29, 1.82) is 0 Å². The first-order chi connectivity index (χ1) is 10.0. The van der Waals surface area contributed by atoms with Gasteiger partial charge in [-0.1, -0.05) is 0 Å². The average Bonchev–Trinajstić information content (AvgIpc) is 2.46. The Bertz CT molecular complexity index is 503. The number of nitrogen functional groups attached to an aromatic ring is 1. The molecule has 1 aromatic rings. The third kappa shape index (κ3) is 3.33. The molecule has 0 aromatic carbocycles. The van der Waals surface area contributed by atoms with Gasteiger partial charge >= 0.3 is 0 Å². The van der Waals surface area contributed by atoms with Crippen LogP contribution in [0, 0.1) is 0 Å². The highest BCUT2D eigenvalue weighted by molar-refractivity contribution is 5.44. The molecule has 0 radical (unpaired) electrons. The van der Waals surface area contributed by atoms with Crippen LogP contribution in [0.25, 0.3) is 0 Å². The van der Waals surface area contributed by atoms with Gasteiger partial charge in [-0.25, -0.2) is 0 Å². The van der Waals surface area contributed by atoms with Crippen molar-refractivity contribution < 1.29 is 9.84 Å². The van der Waals surface area contributed by atoms with Gasteiger partial charge < -0.3 is 25.4 Å². The first-order valence-electron chi connectivity index (χ1n) is 7.35. The van der Waals surface area contributed by atoms with Gasteiger partial charge in [-0.3, -0.25) is 0 Å². The Morgan fingerprint density at radius 1 is 1.10 bits per heavy atom.